The summed E-state index contributed by atoms with van der Waals surface area (Å²) in [7, 11) is 0. The Morgan fingerprint density at radius 2 is 1.42 bits per heavy atom. The van der Waals surface area contributed by atoms with E-state index in [1.54, 1.807) is 36.4 Å². The number of rotatable bonds is 7. The molecule has 3 aromatic carbocycles. The minimum atomic E-state index is -0.426. The molecule has 1 unspecified atom stereocenters. The van der Waals surface area contributed by atoms with Crippen LogP contribution in [0.25, 0.3) is 0 Å². The van der Waals surface area contributed by atoms with Crippen LogP contribution in [0.2, 0.25) is 0 Å². The van der Waals surface area contributed by atoms with Gasteiger partial charge in [-0.05, 0) is 48.0 Å². The van der Waals surface area contributed by atoms with Crippen LogP contribution >= 0.6 is 11.8 Å². The maximum Gasteiger partial charge on any atom is 0.291 e. The van der Waals surface area contributed by atoms with Gasteiger partial charge in [0.05, 0.1) is 6.26 Å². The van der Waals surface area contributed by atoms with Crippen molar-refractivity contribution < 1.29 is 14.0 Å². The molecule has 2 N–H and O–H groups in total. The Balaban J connectivity index is 1.51. The van der Waals surface area contributed by atoms with Crippen molar-refractivity contribution in [1.29, 1.82) is 0 Å². The molecule has 154 valence electrons. The van der Waals surface area contributed by atoms with Gasteiger partial charge < -0.3 is 15.1 Å². The van der Waals surface area contributed by atoms with Crippen LogP contribution in [0.5, 0.6) is 0 Å². The highest BCUT2D eigenvalue weighted by Crippen LogP contribution is 2.36. The first kappa shape index (κ1) is 20.5. The van der Waals surface area contributed by atoms with Crippen molar-refractivity contribution in [3.63, 3.8) is 0 Å². The summed E-state index contributed by atoms with van der Waals surface area (Å²) in [6.45, 7) is 0. The first-order valence-electron chi connectivity index (χ1n) is 9.71. The first-order valence-corrected chi connectivity index (χ1v) is 10.6. The van der Waals surface area contributed by atoms with E-state index in [1.807, 2.05) is 60.7 Å². The number of furan rings is 1. The molecule has 4 aromatic rings. The van der Waals surface area contributed by atoms with Gasteiger partial charge in [-0.25, -0.2) is 0 Å². The lowest BCUT2D eigenvalue weighted by molar-refractivity contribution is -0.115. The van der Waals surface area contributed by atoms with E-state index in [9.17, 15) is 9.59 Å². The number of carbonyl (C=O) groups excluding carboxylic acids is 2. The summed E-state index contributed by atoms with van der Waals surface area (Å²) in [5.41, 5.74) is 2.07. The molecule has 1 heterocycles. The van der Waals surface area contributed by atoms with Crippen molar-refractivity contribution in [3.8, 4) is 0 Å². The standard InChI is InChI=1S/C25H20N2O3S/c28-24(22-15-8-16-30-22)26-19-11-7-12-20(17-19)27-25(29)23(18-9-3-1-4-10-18)31-21-13-5-2-6-14-21/h1-17,23H,(H,26,28)(H,27,29). The lowest BCUT2D eigenvalue weighted by Crippen LogP contribution is -2.19. The topological polar surface area (TPSA) is 71.3 Å². The molecule has 0 bridgehead atoms. The van der Waals surface area contributed by atoms with Crippen molar-refractivity contribution >= 4 is 35.0 Å². The van der Waals surface area contributed by atoms with E-state index in [4.69, 9.17) is 4.42 Å². The molecule has 0 spiro atoms. The molecular formula is C25H20N2O3S. The second kappa shape index (κ2) is 9.82. The number of anilines is 2. The molecule has 2 amide bonds. The summed E-state index contributed by atoms with van der Waals surface area (Å²) < 4.78 is 5.11. The van der Waals surface area contributed by atoms with Crippen LogP contribution in [0, 0.1) is 0 Å². The lowest BCUT2D eigenvalue weighted by Gasteiger charge is -2.17. The number of carbonyl (C=O) groups is 2. The Bertz CT molecular complexity index is 1150. The van der Waals surface area contributed by atoms with E-state index < -0.39 is 5.25 Å². The van der Waals surface area contributed by atoms with Gasteiger partial charge in [-0.3, -0.25) is 9.59 Å². The number of hydrogen-bond acceptors (Lipinski definition) is 4. The summed E-state index contributed by atoms with van der Waals surface area (Å²) in [5.74, 6) is -0.275. The average Bonchev–Trinajstić information content (AvgIpc) is 3.34. The summed E-state index contributed by atoms with van der Waals surface area (Å²) in [6, 6.07) is 29.8. The van der Waals surface area contributed by atoms with Crippen LogP contribution in [0.4, 0.5) is 11.4 Å². The zero-order chi connectivity index (χ0) is 21.5. The van der Waals surface area contributed by atoms with Gasteiger partial charge in [0, 0.05) is 16.3 Å². The second-order valence-corrected chi connectivity index (χ2v) is 7.90. The van der Waals surface area contributed by atoms with Gasteiger partial charge >= 0.3 is 0 Å². The average molecular weight is 429 g/mol. The molecule has 0 fully saturated rings. The Kier molecular flexibility index (Phi) is 6.50. The first-order chi connectivity index (χ1) is 15.2. The Morgan fingerprint density at radius 3 is 2.10 bits per heavy atom. The van der Waals surface area contributed by atoms with E-state index >= 15 is 0 Å². The molecule has 4 rings (SSSR count). The summed E-state index contributed by atoms with van der Waals surface area (Å²) in [6.07, 6.45) is 1.44. The van der Waals surface area contributed by atoms with E-state index in [-0.39, 0.29) is 17.6 Å². The van der Waals surface area contributed by atoms with Gasteiger partial charge in [-0.1, -0.05) is 54.6 Å². The van der Waals surface area contributed by atoms with Crippen molar-refractivity contribution in [3.05, 3.63) is 115 Å². The number of hydrogen-bond donors (Lipinski definition) is 2. The van der Waals surface area contributed by atoms with Gasteiger partial charge in [0.1, 0.15) is 5.25 Å². The minimum Gasteiger partial charge on any atom is -0.459 e. The molecule has 1 atom stereocenters. The number of benzene rings is 3. The third kappa shape index (κ3) is 5.43. The number of nitrogens with one attached hydrogen (secondary N) is 2. The fourth-order valence-electron chi connectivity index (χ4n) is 3.02. The molecule has 0 aliphatic heterocycles. The van der Waals surface area contributed by atoms with Gasteiger partial charge in [0.25, 0.3) is 5.91 Å². The SMILES string of the molecule is O=C(Nc1cccc(NC(=O)C(Sc2ccccc2)c2ccccc2)c1)c1ccco1. The third-order valence-corrected chi connectivity index (χ3v) is 5.74. The molecule has 0 radical (unpaired) electrons. The van der Waals surface area contributed by atoms with Crippen molar-refractivity contribution in [2.24, 2.45) is 0 Å². The Morgan fingerprint density at radius 1 is 0.742 bits per heavy atom. The molecule has 0 saturated heterocycles. The zero-order valence-corrected chi connectivity index (χ0v) is 17.3. The summed E-state index contributed by atoms with van der Waals surface area (Å²) in [5, 5.41) is 5.32. The fourth-order valence-corrected chi connectivity index (χ4v) is 4.06. The van der Waals surface area contributed by atoms with Gasteiger partial charge in [0.2, 0.25) is 5.91 Å². The maximum absolute atomic E-state index is 13.2. The molecule has 0 saturated carbocycles. The van der Waals surface area contributed by atoms with Gasteiger partial charge in [-0.2, -0.15) is 0 Å². The predicted molar refractivity (Wildman–Crippen MR) is 123 cm³/mol. The Labute approximate surface area is 184 Å². The smallest absolute Gasteiger partial charge is 0.291 e. The highest BCUT2D eigenvalue weighted by atomic mass is 32.2. The Hall–Kier alpha value is -3.77. The highest BCUT2D eigenvalue weighted by Gasteiger charge is 2.22. The fraction of sp³-hybridized carbons (Fsp3) is 0.0400. The molecule has 0 aliphatic carbocycles. The van der Waals surface area contributed by atoms with Gasteiger partial charge in [0.15, 0.2) is 5.76 Å². The van der Waals surface area contributed by atoms with Crippen LogP contribution in [-0.2, 0) is 4.79 Å². The monoisotopic (exact) mass is 428 g/mol. The van der Waals surface area contributed by atoms with Crippen molar-refractivity contribution in [1.82, 2.24) is 0 Å². The van der Waals surface area contributed by atoms with E-state index in [1.165, 1.54) is 18.0 Å². The summed E-state index contributed by atoms with van der Waals surface area (Å²) >= 11 is 1.49. The van der Waals surface area contributed by atoms with Crippen LogP contribution in [-0.4, -0.2) is 11.8 Å². The summed E-state index contributed by atoms with van der Waals surface area (Å²) in [4.78, 5) is 26.4. The van der Waals surface area contributed by atoms with Crippen LogP contribution in [0.15, 0.2) is 113 Å². The lowest BCUT2D eigenvalue weighted by atomic mass is 10.1. The van der Waals surface area contributed by atoms with Crippen molar-refractivity contribution in [2.45, 2.75) is 10.1 Å². The molecule has 5 nitrogen and oxygen atoms in total. The maximum atomic E-state index is 13.2. The van der Waals surface area contributed by atoms with E-state index in [2.05, 4.69) is 10.6 Å². The van der Waals surface area contributed by atoms with Crippen molar-refractivity contribution in [2.75, 3.05) is 10.6 Å². The highest BCUT2D eigenvalue weighted by molar-refractivity contribution is 8.00. The molecule has 31 heavy (non-hydrogen) atoms. The quantitative estimate of drug-likeness (QED) is 0.354. The third-order valence-electron chi connectivity index (χ3n) is 4.47. The second-order valence-electron chi connectivity index (χ2n) is 6.72. The number of amides is 2. The van der Waals surface area contributed by atoms with Crippen LogP contribution < -0.4 is 10.6 Å². The van der Waals surface area contributed by atoms with E-state index in [0.717, 1.165) is 10.5 Å². The molecule has 0 aliphatic rings. The normalized spacial score (nSPS) is 11.5. The van der Waals surface area contributed by atoms with Crippen LogP contribution in [0.1, 0.15) is 21.4 Å². The minimum absolute atomic E-state index is 0.144. The largest absolute Gasteiger partial charge is 0.459 e. The molecule has 1 aromatic heterocycles. The van der Waals surface area contributed by atoms with Gasteiger partial charge in [-0.15, -0.1) is 11.8 Å². The molecule has 6 heteroatoms. The number of thioether (sulfide) groups is 1. The van der Waals surface area contributed by atoms with E-state index in [0.29, 0.717) is 11.4 Å². The van der Waals surface area contributed by atoms with Crippen LogP contribution in [0.3, 0.4) is 0 Å². The molecular weight excluding hydrogens is 408 g/mol. The zero-order valence-electron chi connectivity index (χ0n) is 16.5. The predicted octanol–water partition coefficient (Wildman–Crippen LogP) is 6.00.